The molecule has 1 heterocycles. The summed E-state index contributed by atoms with van der Waals surface area (Å²) in [6.07, 6.45) is 0.257. The summed E-state index contributed by atoms with van der Waals surface area (Å²) in [6.45, 7) is 0.653. The van der Waals surface area contributed by atoms with Crippen LogP contribution in [0.5, 0.6) is 0 Å². The van der Waals surface area contributed by atoms with Crippen molar-refractivity contribution in [2.75, 3.05) is 18.0 Å². The highest BCUT2D eigenvalue weighted by Gasteiger charge is 2.32. The van der Waals surface area contributed by atoms with Crippen molar-refractivity contribution >= 4 is 33.5 Å². The number of aromatic carboxylic acids is 1. The molecule has 1 unspecified atom stereocenters. The first-order valence-electron chi connectivity index (χ1n) is 5.66. The minimum Gasteiger partial charge on any atom is -0.478 e. The Hall–Kier alpha value is -1.47. The molecular weight excluding hydrogens is 319 g/mol. The molecule has 7 heteroatoms. The molecule has 102 valence electrons. The molecule has 1 aliphatic rings. The summed E-state index contributed by atoms with van der Waals surface area (Å²) in [4.78, 5) is 24.3. The fourth-order valence-electron chi connectivity index (χ4n) is 2.10. The van der Waals surface area contributed by atoms with Crippen molar-refractivity contribution in [2.24, 2.45) is 11.7 Å². The van der Waals surface area contributed by atoms with Gasteiger partial charge in [-0.25, -0.2) is 9.18 Å². The number of anilines is 1. The van der Waals surface area contributed by atoms with Crippen LogP contribution in [-0.4, -0.2) is 30.1 Å². The number of carbonyl (C=O) groups is 2. The Balaban J connectivity index is 2.47. The summed E-state index contributed by atoms with van der Waals surface area (Å²) in [5.41, 5.74) is 5.48. The molecule has 1 saturated heterocycles. The highest BCUT2D eigenvalue weighted by Crippen LogP contribution is 2.31. The third-order valence-corrected chi connectivity index (χ3v) is 3.71. The van der Waals surface area contributed by atoms with Gasteiger partial charge in [-0.3, -0.25) is 4.79 Å². The molecule has 1 aromatic carbocycles. The topological polar surface area (TPSA) is 83.6 Å². The van der Waals surface area contributed by atoms with Gasteiger partial charge >= 0.3 is 5.97 Å². The number of carbonyl (C=O) groups excluding carboxylic acids is 1. The predicted molar refractivity (Wildman–Crippen MR) is 70.6 cm³/mol. The van der Waals surface area contributed by atoms with Crippen molar-refractivity contribution in [1.82, 2.24) is 0 Å². The average Bonchev–Trinajstić information content (AvgIpc) is 2.73. The summed E-state index contributed by atoms with van der Waals surface area (Å²) in [6, 6.07) is 2.22. The Morgan fingerprint density at radius 1 is 1.58 bits per heavy atom. The number of nitrogens with zero attached hydrogens (tertiary/aromatic N) is 1. The molecule has 0 aliphatic carbocycles. The number of rotatable bonds is 3. The second-order valence-corrected chi connectivity index (χ2v) is 5.25. The fourth-order valence-corrected chi connectivity index (χ4v) is 2.45. The molecule has 1 atom stereocenters. The van der Waals surface area contributed by atoms with Gasteiger partial charge in [0.25, 0.3) is 0 Å². The minimum atomic E-state index is -1.21. The van der Waals surface area contributed by atoms with Crippen molar-refractivity contribution in [3.63, 3.8) is 0 Å². The zero-order valence-corrected chi connectivity index (χ0v) is 11.5. The number of benzene rings is 1. The lowest BCUT2D eigenvalue weighted by molar-refractivity contribution is -0.117. The molecule has 19 heavy (non-hydrogen) atoms. The lowest BCUT2D eigenvalue weighted by Crippen LogP contribution is -2.27. The van der Waals surface area contributed by atoms with Crippen molar-refractivity contribution < 1.29 is 19.1 Å². The van der Waals surface area contributed by atoms with Crippen LogP contribution in [0.1, 0.15) is 16.8 Å². The normalized spacial score (nSPS) is 19.0. The number of halogens is 2. The number of nitrogens with two attached hydrogens (primary N) is 1. The van der Waals surface area contributed by atoms with E-state index in [1.807, 2.05) is 0 Å². The van der Waals surface area contributed by atoms with Gasteiger partial charge in [0.1, 0.15) is 5.82 Å². The quantitative estimate of drug-likeness (QED) is 0.881. The maximum atomic E-state index is 13.6. The summed E-state index contributed by atoms with van der Waals surface area (Å²) < 4.78 is 13.6. The van der Waals surface area contributed by atoms with Gasteiger partial charge < -0.3 is 15.7 Å². The average molecular weight is 331 g/mol. The molecule has 1 amide bonds. The molecular formula is C12H12BrFN2O3. The third kappa shape index (κ3) is 2.62. The SMILES string of the molecule is NCC1CC(=O)N(c2cc(F)c(Br)cc2C(=O)O)C1. The van der Waals surface area contributed by atoms with Gasteiger partial charge in [0.15, 0.2) is 0 Å². The Morgan fingerprint density at radius 2 is 2.26 bits per heavy atom. The molecule has 3 N–H and O–H groups in total. The van der Waals surface area contributed by atoms with E-state index in [0.717, 1.165) is 12.1 Å². The van der Waals surface area contributed by atoms with Crippen molar-refractivity contribution in [2.45, 2.75) is 6.42 Å². The Morgan fingerprint density at radius 3 is 2.79 bits per heavy atom. The van der Waals surface area contributed by atoms with E-state index in [-0.39, 0.29) is 34.0 Å². The molecule has 0 spiro atoms. The smallest absolute Gasteiger partial charge is 0.337 e. The van der Waals surface area contributed by atoms with E-state index in [4.69, 9.17) is 10.8 Å². The first-order chi connectivity index (χ1) is 8.93. The van der Waals surface area contributed by atoms with Crippen LogP contribution in [0.4, 0.5) is 10.1 Å². The molecule has 5 nitrogen and oxygen atoms in total. The Labute approximate surface area is 117 Å². The molecule has 0 radical (unpaired) electrons. The van der Waals surface area contributed by atoms with Crippen LogP contribution in [0.15, 0.2) is 16.6 Å². The third-order valence-electron chi connectivity index (χ3n) is 3.10. The zero-order chi connectivity index (χ0) is 14.2. The fraction of sp³-hybridized carbons (Fsp3) is 0.333. The zero-order valence-electron chi connectivity index (χ0n) is 9.90. The number of carboxylic acids is 1. The molecule has 2 rings (SSSR count). The van der Waals surface area contributed by atoms with Gasteiger partial charge in [0.2, 0.25) is 5.91 Å². The summed E-state index contributed by atoms with van der Waals surface area (Å²) >= 11 is 2.94. The van der Waals surface area contributed by atoms with Crippen LogP contribution in [0, 0.1) is 11.7 Å². The highest BCUT2D eigenvalue weighted by atomic mass is 79.9. The van der Waals surface area contributed by atoms with Crippen LogP contribution < -0.4 is 10.6 Å². The monoisotopic (exact) mass is 330 g/mol. The second-order valence-electron chi connectivity index (χ2n) is 4.40. The maximum Gasteiger partial charge on any atom is 0.337 e. The van der Waals surface area contributed by atoms with Gasteiger partial charge in [0.05, 0.1) is 15.7 Å². The van der Waals surface area contributed by atoms with Crippen LogP contribution in [0.25, 0.3) is 0 Å². The van der Waals surface area contributed by atoms with E-state index in [1.165, 1.54) is 4.90 Å². The van der Waals surface area contributed by atoms with E-state index in [2.05, 4.69) is 15.9 Å². The molecule has 1 aliphatic heterocycles. The number of amides is 1. The summed E-state index contributed by atoms with van der Waals surface area (Å²) in [7, 11) is 0. The van der Waals surface area contributed by atoms with E-state index in [1.54, 1.807) is 0 Å². The van der Waals surface area contributed by atoms with E-state index in [9.17, 15) is 14.0 Å². The number of hydrogen-bond donors (Lipinski definition) is 2. The molecule has 1 fully saturated rings. The summed E-state index contributed by atoms with van der Waals surface area (Å²) in [5, 5.41) is 9.14. The van der Waals surface area contributed by atoms with Gasteiger partial charge in [-0.15, -0.1) is 0 Å². The summed E-state index contributed by atoms with van der Waals surface area (Å²) in [5.74, 6) is -2.08. The van der Waals surface area contributed by atoms with Crippen LogP contribution >= 0.6 is 15.9 Å². The van der Waals surface area contributed by atoms with Crippen molar-refractivity contribution in [3.05, 3.63) is 28.0 Å². The van der Waals surface area contributed by atoms with Crippen molar-refractivity contribution in [3.8, 4) is 0 Å². The number of hydrogen-bond acceptors (Lipinski definition) is 3. The lowest BCUT2D eigenvalue weighted by atomic mass is 10.1. The predicted octanol–water partition coefficient (Wildman–Crippen LogP) is 1.60. The van der Waals surface area contributed by atoms with Crippen LogP contribution in [-0.2, 0) is 4.79 Å². The second kappa shape index (κ2) is 5.26. The molecule has 0 bridgehead atoms. The minimum absolute atomic E-state index is 0.0270. The first kappa shape index (κ1) is 14.0. The van der Waals surface area contributed by atoms with Crippen LogP contribution in [0.3, 0.4) is 0 Å². The van der Waals surface area contributed by atoms with Crippen LogP contribution in [0.2, 0.25) is 0 Å². The van der Waals surface area contributed by atoms with E-state index in [0.29, 0.717) is 13.1 Å². The van der Waals surface area contributed by atoms with E-state index >= 15 is 0 Å². The Kier molecular flexibility index (Phi) is 3.86. The van der Waals surface area contributed by atoms with Gasteiger partial charge in [-0.05, 0) is 40.5 Å². The molecule has 0 aromatic heterocycles. The first-order valence-corrected chi connectivity index (χ1v) is 6.46. The van der Waals surface area contributed by atoms with Gasteiger partial charge in [-0.1, -0.05) is 0 Å². The Bertz CT molecular complexity index is 550. The largest absolute Gasteiger partial charge is 0.478 e. The standard InChI is InChI=1S/C12H12BrFN2O3/c13-8-2-7(12(18)19)10(3-9(8)14)16-5-6(4-15)1-11(16)17/h2-3,6H,1,4-5,15H2,(H,18,19). The lowest BCUT2D eigenvalue weighted by Gasteiger charge is -2.19. The van der Waals surface area contributed by atoms with Gasteiger partial charge in [-0.2, -0.15) is 0 Å². The molecule has 0 saturated carbocycles. The maximum absolute atomic E-state index is 13.6. The van der Waals surface area contributed by atoms with Crippen molar-refractivity contribution in [1.29, 1.82) is 0 Å². The van der Waals surface area contributed by atoms with Gasteiger partial charge in [0, 0.05) is 13.0 Å². The molecule has 1 aromatic rings. The van der Waals surface area contributed by atoms with E-state index < -0.39 is 11.8 Å². The number of carboxylic acid groups (broad SMARTS) is 1. The highest BCUT2D eigenvalue weighted by molar-refractivity contribution is 9.10.